The molecule has 2 nitrogen and oxygen atoms in total. The first-order chi connectivity index (χ1) is 5.72. The average Bonchev–Trinajstić information content (AvgIpc) is 2.54. The Balaban J connectivity index is 2.43. The predicted octanol–water partition coefficient (Wildman–Crippen LogP) is 2.21. The van der Waals surface area contributed by atoms with Gasteiger partial charge >= 0.3 is 0 Å². The van der Waals surface area contributed by atoms with Crippen LogP contribution in [0.25, 0.3) is 0 Å². The van der Waals surface area contributed by atoms with Crippen molar-refractivity contribution in [3.8, 4) is 0 Å². The van der Waals surface area contributed by atoms with E-state index in [1.807, 2.05) is 0 Å². The van der Waals surface area contributed by atoms with Crippen molar-refractivity contribution in [2.75, 3.05) is 25.7 Å². The van der Waals surface area contributed by atoms with Gasteiger partial charge in [-0.2, -0.15) is 0 Å². The molecule has 0 spiro atoms. The van der Waals surface area contributed by atoms with Gasteiger partial charge in [0.05, 0.1) is 12.7 Å². The number of alkyl halides is 1. The number of halogens is 1. The molecule has 72 valence electrons. The number of hydrogen-bond donors (Lipinski definition) is 0. The molecule has 12 heavy (non-hydrogen) atoms. The molecular weight excluding hydrogens is 220 g/mol. The molecule has 1 heterocycles. The van der Waals surface area contributed by atoms with Crippen LogP contribution in [0.2, 0.25) is 0 Å². The minimum absolute atomic E-state index is 0.329. The van der Waals surface area contributed by atoms with Crippen molar-refractivity contribution in [1.29, 1.82) is 0 Å². The van der Waals surface area contributed by atoms with E-state index in [1.165, 1.54) is 0 Å². The lowest BCUT2D eigenvalue weighted by atomic mass is 9.84. The van der Waals surface area contributed by atoms with Crippen LogP contribution in [0.5, 0.6) is 0 Å². The number of ether oxygens (including phenoxy) is 2. The SMILES string of the molecule is COC(C)CC1(CBr)CCOC1. The summed E-state index contributed by atoms with van der Waals surface area (Å²) in [5.41, 5.74) is 0.329. The second-order valence-corrected chi connectivity index (χ2v) is 4.25. The Bertz CT molecular complexity index is 132. The van der Waals surface area contributed by atoms with Crippen molar-refractivity contribution in [3.05, 3.63) is 0 Å². The first-order valence-corrected chi connectivity index (χ1v) is 5.51. The zero-order chi connectivity index (χ0) is 9.03. The highest BCUT2D eigenvalue weighted by atomic mass is 79.9. The zero-order valence-corrected chi connectivity index (χ0v) is 9.39. The molecule has 0 amide bonds. The van der Waals surface area contributed by atoms with Crippen LogP contribution in [-0.4, -0.2) is 31.8 Å². The van der Waals surface area contributed by atoms with Crippen molar-refractivity contribution in [3.63, 3.8) is 0 Å². The summed E-state index contributed by atoms with van der Waals surface area (Å²) in [4.78, 5) is 0. The maximum Gasteiger partial charge on any atom is 0.0549 e. The molecule has 2 unspecified atom stereocenters. The first kappa shape index (κ1) is 10.5. The smallest absolute Gasteiger partial charge is 0.0549 e. The van der Waals surface area contributed by atoms with Gasteiger partial charge < -0.3 is 9.47 Å². The Morgan fingerprint density at radius 3 is 2.83 bits per heavy atom. The lowest BCUT2D eigenvalue weighted by Crippen LogP contribution is -2.28. The zero-order valence-electron chi connectivity index (χ0n) is 7.81. The third-order valence-electron chi connectivity index (χ3n) is 2.59. The largest absolute Gasteiger partial charge is 0.382 e. The van der Waals surface area contributed by atoms with Gasteiger partial charge in [0.15, 0.2) is 0 Å². The topological polar surface area (TPSA) is 18.5 Å². The molecule has 1 aliphatic heterocycles. The van der Waals surface area contributed by atoms with Gasteiger partial charge in [0.25, 0.3) is 0 Å². The summed E-state index contributed by atoms with van der Waals surface area (Å²) in [6.45, 7) is 3.90. The van der Waals surface area contributed by atoms with Crippen LogP contribution in [0.3, 0.4) is 0 Å². The fourth-order valence-corrected chi connectivity index (χ4v) is 2.33. The second kappa shape index (κ2) is 4.58. The van der Waals surface area contributed by atoms with Crippen LogP contribution in [0.1, 0.15) is 19.8 Å². The fourth-order valence-electron chi connectivity index (χ4n) is 1.66. The molecule has 0 N–H and O–H groups in total. The summed E-state index contributed by atoms with van der Waals surface area (Å²) in [7, 11) is 1.77. The molecule has 1 fully saturated rings. The average molecular weight is 237 g/mol. The second-order valence-electron chi connectivity index (χ2n) is 3.69. The highest BCUT2D eigenvalue weighted by Gasteiger charge is 2.35. The highest BCUT2D eigenvalue weighted by molar-refractivity contribution is 9.09. The van der Waals surface area contributed by atoms with Crippen LogP contribution in [0.4, 0.5) is 0 Å². The van der Waals surface area contributed by atoms with Crippen LogP contribution >= 0.6 is 15.9 Å². The summed E-state index contributed by atoms with van der Waals surface area (Å²) in [5, 5.41) is 1.02. The molecule has 1 saturated heterocycles. The quantitative estimate of drug-likeness (QED) is 0.698. The molecule has 0 aromatic rings. The van der Waals surface area contributed by atoms with Crippen molar-refractivity contribution >= 4 is 15.9 Å². The lowest BCUT2D eigenvalue weighted by Gasteiger charge is -2.27. The molecular formula is C9H17BrO2. The van der Waals surface area contributed by atoms with Crippen molar-refractivity contribution < 1.29 is 9.47 Å². The van der Waals surface area contributed by atoms with E-state index in [4.69, 9.17) is 9.47 Å². The summed E-state index contributed by atoms with van der Waals surface area (Å²) in [5.74, 6) is 0. The molecule has 1 aliphatic rings. The van der Waals surface area contributed by atoms with Gasteiger partial charge in [-0.15, -0.1) is 0 Å². The van der Waals surface area contributed by atoms with Crippen LogP contribution in [-0.2, 0) is 9.47 Å². The number of hydrogen-bond acceptors (Lipinski definition) is 2. The van der Waals surface area contributed by atoms with Crippen LogP contribution in [0.15, 0.2) is 0 Å². The van der Waals surface area contributed by atoms with Crippen molar-refractivity contribution in [2.45, 2.75) is 25.9 Å². The van der Waals surface area contributed by atoms with Gasteiger partial charge in [0, 0.05) is 24.5 Å². The summed E-state index contributed by atoms with van der Waals surface area (Å²) in [6, 6.07) is 0. The first-order valence-electron chi connectivity index (χ1n) is 4.39. The van der Waals surface area contributed by atoms with Crippen molar-refractivity contribution in [2.24, 2.45) is 5.41 Å². The molecule has 0 radical (unpaired) electrons. The molecule has 3 heteroatoms. The van der Waals surface area contributed by atoms with E-state index in [-0.39, 0.29) is 0 Å². The molecule has 0 bridgehead atoms. The monoisotopic (exact) mass is 236 g/mol. The minimum Gasteiger partial charge on any atom is -0.382 e. The predicted molar refractivity (Wildman–Crippen MR) is 52.8 cm³/mol. The Kier molecular flexibility index (Phi) is 4.00. The lowest BCUT2D eigenvalue weighted by molar-refractivity contribution is 0.0641. The van der Waals surface area contributed by atoms with Crippen molar-refractivity contribution in [1.82, 2.24) is 0 Å². The number of rotatable bonds is 4. The number of methoxy groups -OCH3 is 1. The standard InChI is InChI=1S/C9H17BrO2/c1-8(11-2)5-9(6-10)3-4-12-7-9/h8H,3-7H2,1-2H3. The summed E-state index contributed by atoms with van der Waals surface area (Å²) < 4.78 is 10.7. The van der Waals surface area contributed by atoms with E-state index in [2.05, 4.69) is 22.9 Å². The maximum absolute atomic E-state index is 5.41. The Morgan fingerprint density at radius 1 is 1.67 bits per heavy atom. The normalized spacial score (nSPS) is 32.2. The van der Waals surface area contributed by atoms with Gasteiger partial charge in [0.2, 0.25) is 0 Å². The van der Waals surface area contributed by atoms with E-state index in [0.717, 1.165) is 31.4 Å². The van der Waals surface area contributed by atoms with E-state index >= 15 is 0 Å². The Hall–Kier alpha value is 0.400. The third-order valence-corrected chi connectivity index (χ3v) is 3.78. The van der Waals surface area contributed by atoms with E-state index in [1.54, 1.807) is 7.11 Å². The summed E-state index contributed by atoms with van der Waals surface area (Å²) >= 11 is 3.56. The third kappa shape index (κ3) is 2.44. The van der Waals surface area contributed by atoms with Gasteiger partial charge in [-0.1, -0.05) is 15.9 Å². The minimum atomic E-state index is 0.329. The molecule has 0 aromatic heterocycles. The molecule has 0 saturated carbocycles. The Morgan fingerprint density at radius 2 is 2.42 bits per heavy atom. The molecule has 0 aromatic carbocycles. The van der Waals surface area contributed by atoms with E-state index in [0.29, 0.717) is 11.5 Å². The fraction of sp³-hybridized carbons (Fsp3) is 1.00. The summed E-state index contributed by atoms with van der Waals surface area (Å²) in [6.07, 6.45) is 2.59. The van der Waals surface area contributed by atoms with Crippen LogP contribution in [0, 0.1) is 5.41 Å². The highest BCUT2D eigenvalue weighted by Crippen LogP contribution is 2.35. The maximum atomic E-state index is 5.41. The van der Waals surface area contributed by atoms with Gasteiger partial charge in [-0.05, 0) is 19.8 Å². The molecule has 2 atom stereocenters. The van der Waals surface area contributed by atoms with Crippen LogP contribution < -0.4 is 0 Å². The van der Waals surface area contributed by atoms with Gasteiger partial charge in [0.1, 0.15) is 0 Å². The van der Waals surface area contributed by atoms with E-state index in [9.17, 15) is 0 Å². The Labute approximate surface area is 82.7 Å². The molecule has 1 rings (SSSR count). The van der Waals surface area contributed by atoms with Gasteiger partial charge in [-0.25, -0.2) is 0 Å². The molecule has 0 aliphatic carbocycles. The van der Waals surface area contributed by atoms with E-state index < -0.39 is 0 Å². The van der Waals surface area contributed by atoms with Gasteiger partial charge in [-0.3, -0.25) is 0 Å².